The first kappa shape index (κ1) is 7.94. The molecule has 60 valence electrons. The van der Waals surface area contributed by atoms with Crippen molar-refractivity contribution in [3.8, 4) is 0 Å². The van der Waals surface area contributed by atoms with Gasteiger partial charge in [-0.05, 0) is 6.54 Å². The third kappa shape index (κ3) is 1.46. The van der Waals surface area contributed by atoms with Crippen molar-refractivity contribution >= 4 is 0 Å². The van der Waals surface area contributed by atoms with Gasteiger partial charge < -0.3 is 20.3 Å². The average Bonchev–Trinajstić information content (AvgIpc) is 2.39. The second-order valence-electron chi connectivity index (χ2n) is 2.30. The second kappa shape index (κ2) is 3.30. The number of rotatable bonds is 3. The predicted molar refractivity (Wildman–Crippen MR) is 35.4 cm³/mol. The summed E-state index contributed by atoms with van der Waals surface area (Å²) in [6, 6.07) is 0. The number of hydrogen-bond donors (Lipinski definition) is 2. The molecule has 0 amide bonds. The van der Waals surface area contributed by atoms with Crippen LogP contribution in [0, 0.1) is 0 Å². The summed E-state index contributed by atoms with van der Waals surface area (Å²) in [5.41, 5.74) is 5.30. The quantitative estimate of drug-likeness (QED) is 0.541. The zero-order chi connectivity index (χ0) is 7.45. The van der Waals surface area contributed by atoms with Crippen molar-refractivity contribution in [2.24, 2.45) is 5.73 Å². The van der Waals surface area contributed by atoms with Crippen LogP contribution in [-0.2, 0) is 9.47 Å². The topological polar surface area (TPSA) is 64.7 Å². The van der Waals surface area contributed by atoms with Crippen molar-refractivity contribution < 1.29 is 14.6 Å². The van der Waals surface area contributed by atoms with E-state index in [4.69, 9.17) is 20.3 Å². The zero-order valence-corrected chi connectivity index (χ0v) is 5.88. The molecule has 0 atom stereocenters. The molecule has 0 aromatic carbocycles. The molecule has 4 heteroatoms. The molecule has 1 heterocycles. The highest BCUT2D eigenvalue weighted by Crippen LogP contribution is 2.21. The number of aliphatic hydroxyl groups excluding tert-OH is 1. The summed E-state index contributed by atoms with van der Waals surface area (Å²) in [5.74, 6) is -0.783. The zero-order valence-electron chi connectivity index (χ0n) is 5.88. The number of nitrogens with two attached hydrogens (primary N) is 1. The lowest BCUT2D eigenvalue weighted by molar-refractivity contribution is -0.184. The van der Waals surface area contributed by atoms with Crippen LogP contribution in [0.15, 0.2) is 0 Å². The van der Waals surface area contributed by atoms with Crippen LogP contribution < -0.4 is 5.73 Å². The fourth-order valence-electron chi connectivity index (χ4n) is 1.03. The van der Waals surface area contributed by atoms with Crippen molar-refractivity contribution in [1.82, 2.24) is 0 Å². The lowest BCUT2D eigenvalue weighted by Gasteiger charge is -2.23. The highest BCUT2D eigenvalue weighted by atomic mass is 16.7. The van der Waals surface area contributed by atoms with Gasteiger partial charge in [-0.1, -0.05) is 0 Å². The number of ether oxygens (including phenoxy) is 2. The third-order valence-electron chi connectivity index (χ3n) is 1.58. The molecule has 1 saturated heterocycles. The first-order valence-electron chi connectivity index (χ1n) is 3.42. The van der Waals surface area contributed by atoms with Crippen molar-refractivity contribution in [3.63, 3.8) is 0 Å². The van der Waals surface area contributed by atoms with Crippen LogP contribution >= 0.6 is 0 Å². The molecule has 3 N–H and O–H groups in total. The van der Waals surface area contributed by atoms with Crippen molar-refractivity contribution in [2.75, 3.05) is 26.4 Å². The maximum Gasteiger partial charge on any atom is 0.192 e. The van der Waals surface area contributed by atoms with E-state index in [0.29, 0.717) is 26.2 Å². The summed E-state index contributed by atoms with van der Waals surface area (Å²) in [6.45, 7) is 1.48. The number of aliphatic hydroxyl groups is 1. The Kier molecular flexibility index (Phi) is 2.62. The van der Waals surface area contributed by atoms with Gasteiger partial charge in [0.15, 0.2) is 5.79 Å². The molecule has 10 heavy (non-hydrogen) atoms. The Morgan fingerprint density at radius 1 is 1.40 bits per heavy atom. The van der Waals surface area contributed by atoms with Crippen LogP contribution in [0.2, 0.25) is 0 Å². The summed E-state index contributed by atoms with van der Waals surface area (Å²) < 4.78 is 10.4. The van der Waals surface area contributed by atoms with Gasteiger partial charge in [0.25, 0.3) is 0 Å². The standard InChI is InChI=1S/C6H13NO3/c7-2-1-6(5-8)9-3-4-10-6/h8H,1-5,7H2. The van der Waals surface area contributed by atoms with Crippen LogP contribution in [0.1, 0.15) is 6.42 Å². The summed E-state index contributed by atoms with van der Waals surface area (Å²) in [4.78, 5) is 0. The molecule has 0 aromatic heterocycles. The largest absolute Gasteiger partial charge is 0.391 e. The van der Waals surface area contributed by atoms with E-state index >= 15 is 0 Å². The minimum absolute atomic E-state index is 0.107. The summed E-state index contributed by atoms with van der Waals surface area (Å²) in [5, 5.41) is 8.84. The van der Waals surface area contributed by atoms with E-state index in [0.717, 1.165) is 0 Å². The van der Waals surface area contributed by atoms with E-state index < -0.39 is 5.79 Å². The highest BCUT2D eigenvalue weighted by Gasteiger charge is 2.34. The van der Waals surface area contributed by atoms with Gasteiger partial charge in [0.2, 0.25) is 0 Å². The minimum Gasteiger partial charge on any atom is -0.391 e. The first-order chi connectivity index (χ1) is 4.83. The molecule has 4 nitrogen and oxygen atoms in total. The van der Waals surface area contributed by atoms with Gasteiger partial charge in [0, 0.05) is 6.42 Å². The molecule has 1 aliphatic rings. The molecule has 0 bridgehead atoms. The fourth-order valence-corrected chi connectivity index (χ4v) is 1.03. The van der Waals surface area contributed by atoms with Crippen molar-refractivity contribution in [3.05, 3.63) is 0 Å². The first-order valence-corrected chi connectivity index (χ1v) is 3.42. The summed E-state index contributed by atoms with van der Waals surface area (Å²) in [6.07, 6.45) is 0.559. The normalized spacial score (nSPS) is 23.4. The smallest absolute Gasteiger partial charge is 0.192 e. The maximum atomic E-state index is 8.84. The highest BCUT2D eigenvalue weighted by molar-refractivity contribution is 4.72. The molecule has 0 aliphatic carbocycles. The Balaban J connectivity index is 2.41. The molecule has 0 saturated carbocycles. The Labute approximate surface area is 59.9 Å². The third-order valence-corrected chi connectivity index (χ3v) is 1.58. The monoisotopic (exact) mass is 147 g/mol. The van der Waals surface area contributed by atoms with Gasteiger partial charge in [0.1, 0.15) is 0 Å². The van der Waals surface area contributed by atoms with E-state index in [2.05, 4.69) is 0 Å². The fraction of sp³-hybridized carbons (Fsp3) is 1.00. The molecular formula is C6H13NO3. The molecule has 0 spiro atoms. The van der Waals surface area contributed by atoms with Crippen LogP contribution in [0.4, 0.5) is 0 Å². The Morgan fingerprint density at radius 3 is 2.40 bits per heavy atom. The van der Waals surface area contributed by atoms with Gasteiger partial charge in [-0.25, -0.2) is 0 Å². The Morgan fingerprint density at radius 2 is 2.00 bits per heavy atom. The Hall–Kier alpha value is -0.160. The molecule has 1 rings (SSSR count). The minimum atomic E-state index is -0.783. The molecule has 1 aliphatic heterocycles. The molecular weight excluding hydrogens is 134 g/mol. The number of hydrogen-bond acceptors (Lipinski definition) is 4. The van der Waals surface area contributed by atoms with Gasteiger partial charge >= 0.3 is 0 Å². The predicted octanol–water partition coefficient (Wildman–Crippen LogP) is -0.929. The van der Waals surface area contributed by atoms with Crippen molar-refractivity contribution in [1.29, 1.82) is 0 Å². The average molecular weight is 147 g/mol. The summed E-state index contributed by atoms with van der Waals surface area (Å²) in [7, 11) is 0. The Bertz CT molecular complexity index is 101. The van der Waals surface area contributed by atoms with Crippen LogP contribution in [0.5, 0.6) is 0 Å². The van der Waals surface area contributed by atoms with Gasteiger partial charge in [0.05, 0.1) is 19.8 Å². The second-order valence-corrected chi connectivity index (χ2v) is 2.30. The van der Waals surface area contributed by atoms with Crippen molar-refractivity contribution in [2.45, 2.75) is 12.2 Å². The van der Waals surface area contributed by atoms with Crippen LogP contribution in [0.25, 0.3) is 0 Å². The molecule has 0 aromatic rings. The summed E-state index contributed by atoms with van der Waals surface area (Å²) >= 11 is 0. The lowest BCUT2D eigenvalue weighted by Crippen LogP contribution is -2.36. The molecule has 1 fully saturated rings. The van der Waals surface area contributed by atoms with Crippen LogP contribution in [-0.4, -0.2) is 37.3 Å². The SMILES string of the molecule is NCCC1(CO)OCCO1. The van der Waals surface area contributed by atoms with E-state index in [-0.39, 0.29) is 6.61 Å². The van der Waals surface area contributed by atoms with Gasteiger partial charge in [-0.2, -0.15) is 0 Å². The van der Waals surface area contributed by atoms with Crippen LogP contribution in [0.3, 0.4) is 0 Å². The van der Waals surface area contributed by atoms with E-state index in [1.807, 2.05) is 0 Å². The lowest BCUT2D eigenvalue weighted by atomic mass is 10.2. The molecule has 0 unspecified atom stereocenters. The van der Waals surface area contributed by atoms with E-state index in [1.165, 1.54) is 0 Å². The van der Waals surface area contributed by atoms with E-state index in [1.54, 1.807) is 0 Å². The van der Waals surface area contributed by atoms with Gasteiger partial charge in [-0.15, -0.1) is 0 Å². The van der Waals surface area contributed by atoms with E-state index in [9.17, 15) is 0 Å². The van der Waals surface area contributed by atoms with Gasteiger partial charge in [-0.3, -0.25) is 0 Å². The maximum absolute atomic E-state index is 8.84. The molecule has 0 radical (unpaired) electrons.